The molecule has 2 rings (SSSR count). The van der Waals surface area contributed by atoms with Crippen molar-refractivity contribution in [2.75, 3.05) is 18.5 Å². The highest BCUT2D eigenvalue weighted by Gasteiger charge is 2.23. The minimum absolute atomic E-state index is 0.214. The number of thiophene rings is 1. The van der Waals surface area contributed by atoms with Gasteiger partial charge in [0.25, 0.3) is 5.91 Å². The number of hydrogen-bond acceptors (Lipinski definition) is 6. The van der Waals surface area contributed by atoms with E-state index < -0.39 is 18.5 Å². The Balaban J connectivity index is 2.16. The van der Waals surface area contributed by atoms with E-state index in [1.807, 2.05) is 44.2 Å². The molecule has 0 unspecified atom stereocenters. The van der Waals surface area contributed by atoms with E-state index in [1.165, 1.54) is 11.3 Å². The number of benzene rings is 1. The zero-order chi connectivity index (χ0) is 20.5. The van der Waals surface area contributed by atoms with Gasteiger partial charge in [-0.05, 0) is 25.3 Å². The average molecular weight is 404 g/mol. The lowest BCUT2D eigenvalue weighted by molar-refractivity contribution is -0.151. The number of nitrogens with one attached hydrogen (secondary N) is 1. The van der Waals surface area contributed by atoms with Gasteiger partial charge in [-0.2, -0.15) is 0 Å². The molecule has 28 heavy (non-hydrogen) atoms. The van der Waals surface area contributed by atoms with Crippen molar-refractivity contribution < 1.29 is 23.9 Å². The van der Waals surface area contributed by atoms with Crippen molar-refractivity contribution in [1.29, 1.82) is 0 Å². The number of anilines is 1. The van der Waals surface area contributed by atoms with Gasteiger partial charge in [-0.25, -0.2) is 4.79 Å². The third-order valence-electron chi connectivity index (χ3n) is 4.27. The molecule has 0 aliphatic heterocycles. The molecule has 1 N–H and O–H groups in total. The SMILES string of the molecule is CCOC(=O)c1c(-c2ccccc2)csc1NC(=O)COC(=O)C(CC)CC. The summed E-state index contributed by atoms with van der Waals surface area (Å²) in [5, 5.41) is 4.85. The highest BCUT2D eigenvalue weighted by atomic mass is 32.1. The van der Waals surface area contributed by atoms with E-state index in [9.17, 15) is 14.4 Å². The second-order valence-electron chi connectivity index (χ2n) is 6.11. The molecule has 7 heteroatoms. The Morgan fingerprint density at radius 3 is 2.32 bits per heavy atom. The van der Waals surface area contributed by atoms with E-state index in [0.717, 1.165) is 5.56 Å². The second-order valence-corrected chi connectivity index (χ2v) is 6.99. The summed E-state index contributed by atoms with van der Waals surface area (Å²) in [4.78, 5) is 36.7. The molecule has 0 bridgehead atoms. The molecule has 0 saturated carbocycles. The maximum atomic E-state index is 12.5. The van der Waals surface area contributed by atoms with Gasteiger partial charge in [0.15, 0.2) is 6.61 Å². The number of esters is 2. The van der Waals surface area contributed by atoms with Crippen LogP contribution in [0.1, 0.15) is 44.0 Å². The third kappa shape index (κ3) is 5.42. The highest BCUT2D eigenvalue weighted by Crippen LogP contribution is 2.36. The van der Waals surface area contributed by atoms with Gasteiger partial charge in [-0.15, -0.1) is 11.3 Å². The maximum absolute atomic E-state index is 12.5. The van der Waals surface area contributed by atoms with Crippen molar-refractivity contribution in [3.8, 4) is 11.1 Å². The van der Waals surface area contributed by atoms with Crippen molar-refractivity contribution in [3.63, 3.8) is 0 Å². The first-order valence-corrected chi connectivity index (χ1v) is 10.2. The normalized spacial score (nSPS) is 10.6. The minimum Gasteiger partial charge on any atom is -0.462 e. The number of carbonyl (C=O) groups excluding carboxylic acids is 3. The van der Waals surface area contributed by atoms with Crippen molar-refractivity contribution in [1.82, 2.24) is 0 Å². The number of ether oxygens (including phenoxy) is 2. The van der Waals surface area contributed by atoms with Gasteiger partial charge in [0, 0.05) is 10.9 Å². The summed E-state index contributed by atoms with van der Waals surface area (Å²) in [5.41, 5.74) is 1.84. The smallest absolute Gasteiger partial charge is 0.341 e. The van der Waals surface area contributed by atoms with Crippen LogP contribution in [0.25, 0.3) is 11.1 Å². The van der Waals surface area contributed by atoms with Gasteiger partial charge in [0.2, 0.25) is 0 Å². The first kappa shape index (κ1) is 21.6. The Labute approximate surface area is 168 Å². The number of rotatable bonds is 9. The summed E-state index contributed by atoms with van der Waals surface area (Å²) in [6.07, 6.45) is 1.32. The van der Waals surface area contributed by atoms with Gasteiger partial charge in [-0.1, -0.05) is 44.2 Å². The minimum atomic E-state index is -0.507. The quantitative estimate of drug-likeness (QED) is 0.623. The fourth-order valence-electron chi connectivity index (χ4n) is 2.73. The van der Waals surface area contributed by atoms with Crippen LogP contribution >= 0.6 is 11.3 Å². The highest BCUT2D eigenvalue weighted by molar-refractivity contribution is 7.15. The van der Waals surface area contributed by atoms with Crippen LogP contribution in [0.5, 0.6) is 0 Å². The van der Waals surface area contributed by atoms with Crippen LogP contribution in [0.15, 0.2) is 35.7 Å². The van der Waals surface area contributed by atoms with Crippen LogP contribution in [-0.4, -0.2) is 31.1 Å². The number of carbonyl (C=O) groups is 3. The summed E-state index contributed by atoms with van der Waals surface area (Å²) in [7, 11) is 0. The lowest BCUT2D eigenvalue weighted by Gasteiger charge is -2.12. The summed E-state index contributed by atoms with van der Waals surface area (Å²) in [6.45, 7) is 5.36. The van der Waals surface area contributed by atoms with E-state index in [2.05, 4.69) is 5.32 Å². The molecule has 1 heterocycles. The summed E-state index contributed by atoms with van der Waals surface area (Å²) < 4.78 is 10.3. The van der Waals surface area contributed by atoms with Gasteiger partial charge in [-0.3, -0.25) is 9.59 Å². The molecular weight excluding hydrogens is 378 g/mol. The third-order valence-corrected chi connectivity index (χ3v) is 5.17. The van der Waals surface area contributed by atoms with E-state index in [0.29, 0.717) is 29.0 Å². The molecule has 0 saturated heterocycles. The largest absolute Gasteiger partial charge is 0.462 e. The predicted octanol–water partition coefficient (Wildman–Crippen LogP) is 4.51. The Hall–Kier alpha value is -2.67. The van der Waals surface area contributed by atoms with E-state index in [-0.39, 0.29) is 18.5 Å². The van der Waals surface area contributed by atoms with Crippen LogP contribution < -0.4 is 5.32 Å². The van der Waals surface area contributed by atoms with Gasteiger partial charge in [0.1, 0.15) is 10.6 Å². The molecular formula is C21H25NO5S. The monoisotopic (exact) mass is 403 g/mol. The van der Waals surface area contributed by atoms with Crippen molar-refractivity contribution in [2.45, 2.75) is 33.6 Å². The first-order chi connectivity index (χ1) is 13.5. The van der Waals surface area contributed by atoms with Crippen molar-refractivity contribution in [3.05, 3.63) is 41.3 Å². The lowest BCUT2D eigenvalue weighted by atomic mass is 10.0. The van der Waals surface area contributed by atoms with Crippen LogP contribution in [0, 0.1) is 5.92 Å². The number of hydrogen-bond donors (Lipinski definition) is 1. The Bertz CT molecular complexity index is 811. The molecule has 1 amide bonds. The zero-order valence-corrected chi connectivity index (χ0v) is 17.1. The van der Waals surface area contributed by atoms with Gasteiger partial charge in [0.05, 0.1) is 12.5 Å². The molecule has 2 aromatic rings. The van der Waals surface area contributed by atoms with Gasteiger partial charge < -0.3 is 14.8 Å². The fraction of sp³-hybridized carbons (Fsp3) is 0.381. The topological polar surface area (TPSA) is 81.7 Å². The Morgan fingerprint density at radius 1 is 1.04 bits per heavy atom. The van der Waals surface area contributed by atoms with Crippen molar-refractivity contribution in [2.24, 2.45) is 5.92 Å². The van der Waals surface area contributed by atoms with Gasteiger partial charge >= 0.3 is 11.9 Å². The van der Waals surface area contributed by atoms with E-state index >= 15 is 0 Å². The molecule has 6 nitrogen and oxygen atoms in total. The molecule has 0 fully saturated rings. The summed E-state index contributed by atoms with van der Waals surface area (Å²) >= 11 is 1.23. The first-order valence-electron chi connectivity index (χ1n) is 9.32. The van der Waals surface area contributed by atoms with Crippen LogP contribution in [-0.2, 0) is 19.1 Å². The van der Waals surface area contributed by atoms with E-state index in [4.69, 9.17) is 9.47 Å². The number of amides is 1. The molecule has 0 atom stereocenters. The molecule has 0 spiro atoms. The zero-order valence-electron chi connectivity index (χ0n) is 16.3. The maximum Gasteiger partial charge on any atom is 0.341 e. The molecule has 1 aromatic heterocycles. The van der Waals surface area contributed by atoms with Crippen molar-refractivity contribution >= 4 is 34.2 Å². The average Bonchev–Trinajstić information content (AvgIpc) is 3.11. The van der Waals surface area contributed by atoms with Crippen LogP contribution in [0.2, 0.25) is 0 Å². The lowest BCUT2D eigenvalue weighted by Crippen LogP contribution is -2.24. The molecule has 150 valence electrons. The molecule has 1 aromatic carbocycles. The fourth-order valence-corrected chi connectivity index (χ4v) is 3.70. The Morgan fingerprint density at radius 2 is 1.71 bits per heavy atom. The Kier molecular flexibility index (Phi) is 8.19. The molecule has 0 aliphatic carbocycles. The predicted molar refractivity (Wildman–Crippen MR) is 109 cm³/mol. The summed E-state index contributed by atoms with van der Waals surface area (Å²) in [5.74, 6) is -1.60. The van der Waals surface area contributed by atoms with E-state index in [1.54, 1.807) is 12.3 Å². The van der Waals surface area contributed by atoms with Crippen LogP contribution in [0.4, 0.5) is 5.00 Å². The standard InChI is InChI=1S/C21H25NO5S/c1-4-14(5-2)20(24)27-12-17(23)22-19-18(21(25)26-6-3)16(13-28-19)15-10-8-7-9-11-15/h7-11,13-14H,4-6,12H2,1-3H3,(H,22,23). The van der Waals surface area contributed by atoms with Crippen LogP contribution in [0.3, 0.4) is 0 Å². The molecule has 0 aliphatic rings. The summed E-state index contributed by atoms with van der Waals surface area (Å²) in [6, 6.07) is 9.40. The second kappa shape index (κ2) is 10.6. The molecule has 0 radical (unpaired) electrons.